The Morgan fingerprint density at radius 2 is 1.84 bits per heavy atom. The van der Waals surface area contributed by atoms with Gasteiger partial charge in [0.1, 0.15) is 0 Å². The first-order valence-electron chi connectivity index (χ1n) is 5.93. The summed E-state index contributed by atoms with van der Waals surface area (Å²) in [7, 11) is 0. The molecular formula is C14H14BrF2NS. The number of halogens is 3. The Morgan fingerprint density at radius 3 is 2.42 bits per heavy atom. The summed E-state index contributed by atoms with van der Waals surface area (Å²) in [5.74, 6) is -1.62. The maximum absolute atomic E-state index is 13.2. The van der Waals surface area contributed by atoms with Gasteiger partial charge in [-0.2, -0.15) is 0 Å². The van der Waals surface area contributed by atoms with Crippen LogP contribution >= 0.6 is 27.3 Å². The molecule has 0 aliphatic heterocycles. The van der Waals surface area contributed by atoms with E-state index in [0.29, 0.717) is 0 Å². The van der Waals surface area contributed by atoms with Gasteiger partial charge >= 0.3 is 0 Å². The summed E-state index contributed by atoms with van der Waals surface area (Å²) in [6, 6.07) is 6.08. The number of thiophene rings is 1. The summed E-state index contributed by atoms with van der Waals surface area (Å²) in [6.07, 6.45) is 0. The molecule has 0 fully saturated rings. The van der Waals surface area contributed by atoms with Crippen molar-refractivity contribution in [2.75, 3.05) is 0 Å². The molecule has 0 radical (unpaired) electrons. The van der Waals surface area contributed by atoms with E-state index in [1.165, 1.54) is 10.9 Å². The highest BCUT2D eigenvalue weighted by Gasteiger charge is 2.15. The molecular weight excluding hydrogens is 332 g/mol. The van der Waals surface area contributed by atoms with E-state index in [2.05, 4.69) is 21.2 Å². The molecule has 1 aromatic carbocycles. The van der Waals surface area contributed by atoms with E-state index in [1.807, 2.05) is 25.3 Å². The first kappa shape index (κ1) is 14.6. The second-order valence-corrected chi connectivity index (χ2v) is 6.22. The lowest BCUT2D eigenvalue weighted by atomic mass is 10.1. The minimum absolute atomic E-state index is 0.0564. The standard InChI is InChI=1S/C14H14BrF2NS/c1-8(10-3-4-12(16)13(17)7-10)18-9(2)14-11(15)5-6-19-14/h3-9,18H,1-2H3. The highest BCUT2D eigenvalue weighted by atomic mass is 79.9. The van der Waals surface area contributed by atoms with Crippen molar-refractivity contribution in [3.8, 4) is 0 Å². The molecule has 1 aromatic heterocycles. The topological polar surface area (TPSA) is 12.0 Å². The van der Waals surface area contributed by atoms with Gasteiger partial charge in [-0.25, -0.2) is 8.78 Å². The maximum Gasteiger partial charge on any atom is 0.159 e. The van der Waals surface area contributed by atoms with Crippen LogP contribution in [0.4, 0.5) is 8.78 Å². The molecule has 2 unspecified atom stereocenters. The Kier molecular flexibility index (Phi) is 4.71. The predicted molar refractivity (Wildman–Crippen MR) is 78.3 cm³/mol. The minimum atomic E-state index is -0.815. The van der Waals surface area contributed by atoms with Crippen molar-refractivity contribution in [2.24, 2.45) is 0 Å². The molecule has 0 spiro atoms. The molecule has 0 aliphatic rings. The first-order valence-corrected chi connectivity index (χ1v) is 7.60. The molecule has 0 amide bonds. The van der Waals surface area contributed by atoms with Crippen LogP contribution in [0.25, 0.3) is 0 Å². The number of hydrogen-bond donors (Lipinski definition) is 1. The smallest absolute Gasteiger partial charge is 0.159 e. The first-order chi connectivity index (χ1) is 8.99. The van der Waals surface area contributed by atoms with Crippen molar-refractivity contribution >= 4 is 27.3 Å². The number of hydrogen-bond acceptors (Lipinski definition) is 2. The van der Waals surface area contributed by atoms with E-state index in [9.17, 15) is 8.78 Å². The van der Waals surface area contributed by atoms with Crippen molar-refractivity contribution in [3.05, 3.63) is 56.2 Å². The van der Waals surface area contributed by atoms with Crippen molar-refractivity contribution < 1.29 is 8.78 Å². The van der Waals surface area contributed by atoms with Crippen LogP contribution in [0.5, 0.6) is 0 Å². The van der Waals surface area contributed by atoms with Gasteiger partial charge in [0, 0.05) is 21.4 Å². The van der Waals surface area contributed by atoms with Crippen LogP contribution in [0.15, 0.2) is 34.1 Å². The van der Waals surface area contributed by atoms with Gasteiger partial charge in [0.15, 0.2) is 11.6 Å². The number of benzene rings is 1. The summed E-state index contributed by atoms with van der Waals surface area (Å²) in [6.45, 7) is 3.98. The quantitative estimate of drug-likeness (QED) is 0.802. The normalized spacial score (nSPS) is 14.4. The summed E-state index contributed by atoms with van der Waals surface area (Å²) < 4.78 is 27.2. The lowest BCUT2D eigenvalue weighted by molar-refractivity contribution is 0.482. The van der Waals surface area contributed by atoms with Gasteiger partial charge in [-0.3, -0.25) is 0 Å². The van der Waals surface area contributed by atoms with Crippen LogP contribution in [-0.4, -0.2) is 0 Å². The van der Waals surface area contributed by atoms with Crippen LogP contribution in [-0.2, 0) is 0 Å². The van der Waals surface area contributed by atoms with Crippen molar-refractivity contribution in [1.82, 2.24) is 5.32 Å². The summed E-state index contributed by atoms with van der Waals surface area (Å²) >= 11 is 5.15. The highest BCUT2D eigenvalue weighted by molar-refractivity contribution is 9.10. The highest BCUT2D eigenvalue weighted by Crippen LogP contribution is 2.30. The van der Waals surface area contributed by atoms with Crippen LogP contribution in [0.2, 0.25) is 0 Å². The van der Waals surface area contributed by atoms with Crippen LogP contribution in [0.1, 0.15) is 36.4 Å². The Hall–Kier alpha value is -0.780. The monoisotopic (exact) mass is 345 g/mol. The molecule has 0 saturated carbocycles. The van der Waals surface area contributed by atoms with E-state index in [4.69, 9.17) is 0 Å². The summed E-state index contributed by atoms with van der Waals surface area (Å²) in [5, 5.41) is 5.39. The molecule has 0 saturated heterocycles. The zero-order valence-electron chi connectivity index (χ0n) is 10.6. The molecule has 1 N–H and O–H groups in total. The predicted octanol–water partition coefficient (Wildman–Crippen LogP) is 5.20. The Bertz CT molecular complexity index is 570. The van der Waals surface area contributed by atoms with Crippen LogP contribution in [0, 0.1) is 11.6 Å². The summed E-state index contributed by atoms with van der Waals surface area (Å²) in [4.78, 5) is 1.19. The van der Waals surface area contributed by atoms with E-state index in [0.717, 1.165) is 16.1 Å². The zero-order chi connectivity index (χ0) is 14.0. The van der Waals surface area contributed by atoms with Crippen molar-refractivity contribution in [3.63, 3.8) is 0 Å². The van der Waals surface area contributed by atoms with Crippen LogP contribution < -0.4 is 5.32 Å². The molecule has 2 rings (SSSR count). The minimum Gasteiger partial charge on any atom is -0.303 e. The van der Waals surface area contributed by atoms with E-state index in [1.54, 1.807) is 17.4 Å². The molecule has 0 bridgehead atoms. The third-order valence-corrected chi connectivity index (χ3v) is 5.04. The molecule has 2 atom stereocenters. The third-order valence-electron chi connectivity index (χ3n) is 2.98. The SMILES string of the molecule is CC(NC(C)c1sccc1Br)c1ccc(F)c(F)c1. The lowest BCUT2D eigenvalue weighted by Gasteiger charge is -2.20. The van der Waals surface area contributed by atoms with Crippen molar-refractivity contribution in [1.29, 1.82) is 0 Å². The van der Waals surface area contributed by atoms with E-state index < -0.39 is 11.6 Å². The maximum atomic E-state index is 13.2. The number of nitrogens with one attached hydrogen (secondary N) is 1. The fourth-order valence-electron chi connectivity index (χ4n) is 1.94. The average Bonchev–Trinajstić information content (AvgIpc) is 2.79. The van der Waals surface area contributed by atoms with Gasteiger partial charge in [0.2, 0.25) is 0 Å². The zero-order valence-corrected chi connectivity index (χ0v) is 13.0. The van der Waals surface area contributed by atoms with Gasteiger partial charge in [-0.05, 0) is 58.9 Å². The Labute approximate surface area is 123 Å². The van der Waals surface area contributed by atoms with Crippen LogP contribution in [0.3, 0.4) is 0 Å². The van der Waals surface area contributed by atoms with Gasteiger partial charge in [0.25, 0.3) is 0 Å². The number of rotatable bonds is 4. The second-order valence-electron chi connectivity index (χ2n) is 4.42. The molecule has 5 heteroatoms. The fourth-order valence-corrected chi connectivity index (χ4v) is 3.68. The Morgan fingerprint density at radius 1 is 1.11 bits per heavy atom. The summed E-state index contributed by atoms with van der Waals surface area (Å²) in [5.41, 5.74) is 0.735. The molecule has 19 heavy (non-hydrogen) atoms. The van der Waals surface area contributed by atoms with E-state index >= 15 is 0 Å². The largest absolute Gasteiger partial charge is 0.303 e. The molecule has 1 nitrogen and oxygen atoms in total. The lowest BCUT2D eigenvalue weighted by Crippen LogP contribution is -2.22. The second kappa shape index (κ2) is 6.11. The van der Waals surface area contributed by atoms with Gasteiger partial charge in [-0.15, -0.1) is 11.3 Å². The molecule has 1 heterocycles. The molecule has 102 valence electrons. The average molecular weight is 346 g/mol. The van der Waals surface area contributed by atoms with Gasteiger partial charge in [0.05, 0.1) is 0 Å². The fraction of sp³-hybridized carbons (Fsp3) is 0.286. The van der Waals surface area contributed by atoms with Gasteiger partial charge in [-0.1, -0.05) is 6.07 Å². The Balaban J connectivity index is 2.10. The van der Waals surface area contributed by atoms with E-state index in [-0.39, 0.29) is 12.1 Å². The third kappa shape index (κ3) is 3.41. The van der Waals surface area contributed by atoms with Crippen molar-refractivity contribution in [2.45, 2.75) is 25.9 Å². The van der Waals surface area contributed by atoms with Gasteiger partial charge < -0.3 is 5.32 Å². The molecule has 0 aliphatic carbocycles. The molecule has 2 aromatic rings.